The standard InChI is InChI=1S/C10H10ClNO2/c1-14-10-5-7(3-2-4-13)8(11)6-9(10)12/h2-6H,12H2,1H3. The van der Waals surface area contributed by atoms with Crippen molar-refractivity contribution in [3.8, 4) is 5.75 Å². The lowest BCUT2D eigenvalue weighted by Gasteiger charge is -2.06. The van der Waals surface area contributed by atoms with E-state index in [-0.39, 0.29) is 0 Å². The number of halogens is 1. The summed E-state index contributed by atoms with van der Waals surface area (Å²) >= 11 is 5.89. The highest BCUT2D eigenvalue weighted by Gasteiger charge is 2.04. The molecule has 0 aliphatic rings. The van der Waals surface area contributed by atoms with E-state index in [0.29, 0.717) is 28.3 Å². The maximum absolute atomic E-state index is 10.1. The largest absolute Gasteiger partial charge is 0.495 e. The topological polar surface area (TPSA) is 52.3 Å². The van der Waals surface area contributed by atoms with Crippen LogP contribution in [0.3, 0.4) is 0 Å². The first-order valence-electron chi connectivity index (χ1n) is 3.94. The summed E-state index contributed by atoms with van der Waals surface area (Å²) in [5.41, 5.74) is 6.80. The third-order valence-corrected chi connectivity index (χ3v) is 2.03. The number of carbonyl (C=O) groups is 1. The molecule has 0 aromatic heterocycles. The van der Waals surface area contributed by atoms with Gasteiger partial charge in [-0.15, -0.1) is 0 Å². The molecule has 1 aromatic carbocycles. The summed E-state index contributed by atoms with van der Waals surface area (Å²) in [4.78, 5) is 10.1. The number of benzene rings is 1. The summed E-state index contributed by atoms with van der Waals surface area (Å²) in [5, 5.41) is 0.487. The fourth-order valence-electron chi connectivity index (χ4n) is 1.03. The maximum Gasteiger partial charge on any atom is 0.142 e. The van der Waals surface area contributed by atoms with Crippen LogP contribution in [0.4, 0.5) is 5.69 Å². The molecular weight excluding hydrogens is 202 g/mol. The second-order valence-electron chi connectivity index (χ2n) is 2.61. The summed E-state index contributed by atoms with van der Waals surface area (Å²) in [6.07, 6.45) is 3.63. The van der Waals surface area contributed by atoms with Crippen molar-refractivity contribution in [2.75, 3.05) is 12.8 Å². The third-order valence-electron chi connectivity index (χ3n) is 1.70. The number of allylic oxidation sites excluding steroid dienone is 1. The van der Waals surface area contributed by atoms with Gasteiger partial charge in [0.15, 0.2) is 0 Å². The van der Waals surface area contributed by atoms with Gasteiger partial charge in [0.05, 0.1) is 17.8 Å². The number of ether oxygens (including phenoxy) is 1. The lowest BCUT2D eigenvalue weighted by molar-refractivity contribution is -0.104. The first-order chi connectivity index (χ1) is 6.69. The Morgan fingerprint density at radius 1 is 1.50 bits per heavy atom. The summed E-state index contributed by atoms with van der Waals surface area (Å²) in [7, 11) is 1.52. The Balaban J connectivity index is 3.16. The highest BCUT2D eigenvalue weighted by molar-refractivity contribution is 6.32. The summed E-state index contributed by atoms with van der Waals surface area (Å²) in [5.74, 6) is 0.542. The third kappa shape index (κ3) is 2.26. The number of anilines is 1. The van der Waals surface area contributed by atoms with Crippen LogP contribution in [0, 0.1) is 0 Å². The Bertz CT molecular complexity index is 375. The predicted octanol–water partition coefficient (Wildman–Crippen LogP) is 2.14. The molecule has 0 bridgehead atoms. The molecule has 0 atom stereocenters. The zero-order valence-electron chi connectivity index (χ0n) is 7.66. The van der Waals surface area contributed by atoms with Crippen molar-refractivity contribution in [1.82, 2.24) is 0 Å². The number of aldehydes is 1. The molecule has 0 fully saturated rings. The van der Waals surface area contributed by atoms with Gasteiger partial charge < -0.3 is 10.5 Å². The summed E-state index contributed by atoms with van der Waals surface area (Å²) in [6.45, 7) is 0. The van der Waals surface area contributed by atoms with E-state index in [1.54, 1.807) is 18.2 Å². The highest BCUT2D eigenvalue weighted by Crippen LogP contribution is 2.29. The zero-order valence-corrected chi connectivity index (χ0v) is 8.41. The van der Waals surface area contributed by atoms with Crippen LogP contribution in [0.5, 0.6) is 5.75 Å². The molecule has 1 aromatic rings. The Hall–Kier alpha value is -1.48. The van der Waals surface area contributed by atoms with Crippen LogP contribution in [-0.2, 0) is 4.79 Å². The van der Waals surface area contributed by atoms with E-state index in [2.05, 4.69) is 0 Å². The second-order valence-corrected chi connectivity index (χ2v) is 3.02. The lowest BCUT2D eigenvalue weighted by atomic mass is 10.2. The van der Waals surface area contributed by atoms with Crippen molar-refractivity contribution in [2.45, 2.75) is 0 Å². The van der Waals surface area contributed by atoms with E-state index in [9.17, 15) is 4.79 Å². The highest BCUT2D eigenvalue weighted by atomic mass is 35.5. The minimum absolute atomic E-state index is 0.473. The Morgan fingerprint density at radius 3 is 2.79 bits per heavy atom. The van der Waals surface area contributed by atoms with Gasteiger partial charge in [0.25, 0.3) is 0 Å². The van der Waals surface area contributed by atoms with Gasteiger partial charge in [-0.05, 0) is 23.8 Å². The maximum atomic E-state index is 10.1. The van der Waals surface area contributed by atoms with Crippen LogP contribution < -0.4 is 10.5 Å². The molecule has 2 N–H and O–H groups in total. The van der Waals surface area contributed by atoms with Crippen molar-refractivity contribution < 1.29 is 9.53 Å². The van der Waals surface area contributed by atoms with Crippen LogP contribution in [0.25, 0.3) is 6.08 Å². The molecule has 0 aliphatic heterocycles. The van der Waals surface area contributed by atoms with E-state index in [4.69, 9.17) is 22.1 Å². The number of hydrogen-bond donors (Lipinski definition) is 1. The van der Waals surface area contributed by atoms with Gasteiger partial charge in [0, 0.05) is 0 Å². The predicted molar refractivity (Wildman–Crippen MR) is 57.5 cm³/mol. The number of rotatable bonds is 3. The first-order valence-corrected chi connectivity index (χ1v) is 4.31. The van der Waals surface area contributed by atoms with Crippen LogP contribution >= 0.6 is 11.6 Å². The summed E-state index contributed by atoms with van der Waals surface area (Å²) in [6, 6.07) is 3.27. The van der Waals surface area contributed by atoms with Crippen LogP contribution in [0.15, 0.2) is 18.2 Å². The van der Waals surface area contributed by atoms with Crippen molar-refractivity contribution in [3.05, 3.63) is 28.8 Å². The SMILES string of the molecule is COc1cc(C=CC=O)c(Cl)cc1N. The molecule has 0 saturated carbocycles. The Kier molecular flexibility index (Phi) is 3.54. The number of nitrogen functional groups attached to an aromatic ring is 1. The smallest absolute Gasteiger partial charge is 0.142 e. The van der Waals surface area contributed by atoms with Gasteiger partial charge in [-0.3, -0.25) is 4.79 Å². The molecule has 0 saturated heterocycles. The number of carbonyl (C=O) groups excluding carboxylic acids is 1. The van der Waals surface area contributed by atoms with Crippen molar-refractivity contribution in [1.29, 1.82) is 0 Å². The van der Waals surface area contributed by atoms with Crippen molar-refractivity contribution in [3.63, 3.8) is 0 Å². The molecule has 0 unspecified atom stereocenters. The fourth-order valence-corrected chi connectivity index (χ4v) is 1.27. The molecular formula is C10H10ClNO2. The van der Waals surface area contributed by atoms with E-state index in [0.717, 1.165) is 0 Å². The van der Waals surface area contributed by atoms with Gasteiger partial charge in [-0.25, -0.2) is 0 Å². The van der Waals surface area contributed by atoms with Gasteiger partial charge >= 0.3 is 0 Å². The average Bonchev–Trinajstić information content (AvgIpc) is 2.17. The molecule has 74 valence electrons. The molecule has 0 radical (unpaired) electrons. The van der Waals surface area contributed by atoms with Gasteiger partial charge in [0.2, 0.25) is 0 Å². The monoisotopic (exact) mass is 211 g/mol. The lowest BCUT2D eigenvalue weighted by Crippen LogP contribution is -1.93. The molecule has 0 aliphatic carbocycles. The minimum Gasteiger partial charge on any atom is -0.495 e. The second kappa shape index (κ2) is 4.67. The van der Waals surface area contributed by atoms with E-state index in [1.807, 2.05) is 0 Å². The Labute approximate surface area is 87.1 Å². The molecule has 1 rings (SSSR count). The van der Waals surface area contributed by atoms with E-state index >= 15 is 0 Å². The number of hydrogen-bond acceptors (Lipinski definition) is 3. The quantitative estimate of drug-likeness (QED) is 0.474. The molecule has 0 heterocycles. The number of methoxy groups -OCH3 is 1. The first kappa shape index (κ1) is 10.6. The minimum atomic E-state index is 0.473. The average molecular weight is 212 g/mol. The van der Waals surface area contributed by atoms with Gasteiger partial charge in [-0.2, -0.15) is 0 Å². The van der Waals surface area contributed by atoms with E-state index < -0.39 is 0 Å². The molecule has 14 heavy (non-hydrogen) atoms. The normalized spacial score (nSPS) is 10.4. The van der Waals surface area contributed by atoms with E-state index in [1.165, 1.54) is 13.2 Å². The van der Waals surface area contributed by atoms with Crippen LogP contribution in [-0.4, -0.2) is 13.4 Å². The van der Waals surface area contributed by atoms with Gasteiger partial charge in [0.1, 0.15) is 12.0 Å². The molecule has 0 amide bonds. The zero-order chi connectivity index (χ0) is 10.6. The van der Waals surface area contributed by atoms with Crippen LogP contribution in [0.1, 0.15) is 5.56 Å². The molecule has 3 nitrogen and oxygen atoms in total. The fraction of sp³-hybridized carbons (Fsp3) is 0.100. The van der Waals surface area contributed by atoms with Crippen molar-refractivity contribution in [2.24, 2.45) is 0 Å². The van der Waals surface area contributed by atoms with Gasteiger partial charge in [-0.1, -0.05) is 17.7 Å². The molecule has 0 spiro atoms. The Morgan fingerprint density at radius 2 is 2.21 bits per heavy atom. The number of nitrogens with two attached hydrogens (primary N) is 1. The van der Waals surface area contributed by atoms with Crippen LogP contribution in [0.2, 0.25) is 5.02 Å². The molecule has 4 heteroatoms. The van der Waals surface area contributed by atoms with Crippen molar-refractivity contribution >= 4 is 29.7 Å². The summed E-state index contributed by atoms with van der Waals surface area (Å²) < 4.78 is 5.01.